The van der Waals surface area contributed by atoms with Gasteiger partial charge in [0.15, 0.2) is 0 Å². The zero-order chi connectivity index (χ0) is 15.5. The highest BCUT2D eigenvalue weighted by atomic mass is 32.2. The summed E-state index contributed by atoms with van der Waals surface area (Å²) in [5.41, 5.74) is 2.29. The SMILES string of the molecule is Cc1ccc(C)c(S(=O)(=O)N[C@H](CO)c2ccccc2)c1. The van der Waals surface area contributed by atoms with Crippen LogP contribution in [0.4, 0.5) is 0 Å². The molecule has 0 aliphatic rings. The van der Waals surface area contributed by atoms with Gasteiger partial charge in [0.05, 0.1) is 17.5 Å². The van der Waals surface area contributed by atoms with E-state index >= 15 is 0 Å². The number of sulfonamides is 1. The summed E-state index contributed by atoms with van der Waals surface area (Å²) in [5, 5.41) is 9.49. The van der Waals surface area contributed by atoms with Crippen LogP contribution in [0.2, 0.25) is 0 Å². The van der Waals surface area contributed by atoms with Gasteiger partial charge < -0.3 is 5.11 Å². The minimum Gasteiger partial charge on any atom is -0.394 e. The highest BCUT2D eigenvalue weighted by Crippen LogP contribution is 2.20. The molecule has 5 heteroatoms. The molecule has 0 amide bonds. The van der Waals surface area contributed by atoms with E-state index in [-0.39, 0.29) is 11.5 Å². The number of hydrogen-bond donors (Lipinski definition) is 2. The third kappa shape index (κ3) is 3.69. The van der Waals surface area contributed by atoms with Gasteiger partial charge >= 0.3 is 0 Å². The second-order valence-corrected chi connectivity index (χ2v) is 6.72. The van der Waals surface area contributed by atoms with Gasteiger partial charge in [-0.2, -0.15) is 0 Å². The monoisotopic (exact) mass is 305 g/mol. The van der Waals surface area contributed by atoms with Crippen molar-refractivity contribution in [3.8, 4) is 0 Å². The lowest BCUT2D eigenvalue weighted by Crippen LogP contribution is -2.31. The summed E-state index contributed by atoms with van der Waals surface area (Å²) in [4.78, 5) is 0.247. The lowest BCUT2D eigenvalue weighted by Gasteiger charge is -2.18. The number of rotatable bonds is 5. The largest absolute Gasteiger partial charge is 0.394 e. The molecule has 0 spiro atoms. The lowest BCUT2D eigenvalue weighted by atomic mass is 10.1. The molecule has 0 bridgehead atoms. The van der Waals surface area contributed by atoms with Crippen LogP contribution in [-0.4, -0.2) is 20.1 Å². The summed E-state index contributed by atoms with van der Waals surface area (Å²) < 4.78 is 27.6. The maximum absolute atomic E-state index is 12.5. The molecule has 0 aromatic heterocycles. The van der Waals surface area contributed by atoms with Crippen molar-refractivity contribution < 1.29 is 13.5 Å². The normalized spacial score (nSPS) is 13.1. The van der Waals surface area contributed by atoms with Crippen LogP contribution < -0.4 is 4.72 Å². The van der Waals surface area contributed by atoms with E-state index in [9.17, 15) is 13.5 Å². The van der Waals surface area contributed by atoms with Crippen molar-refractivity contribution in [2.45, 2.75) is 24.8 Å². The van der Waals surface area contributed by atoms with E-state index in [2.05, 4.69) is 4.72 Å². The first-order valence-electron chi connectivity index (χ1n) is 6.69. The predicted octanol–water partition coefficient (Wildman–Crippen LogP) is 2.32. The van der Waals surface area contributed by atoms with Crippen molar-refractivity contribution in [2.24, 2.45) is 0 Å². The molecule has 2 rings (SSSR count). The third-order valence-electron chi connectivity index (χ3n) is 3.32. The number of hydrogen-bond acceptors (Lipinski definition) is 3. The molecule has 0 aliphatic carbocycles. The fraction of sp³-hybridized carbons (Fsp3) is 0.250. The first kappa shape index (κ1) is 15.7. The topological polar surface area (TPSA) is 66.4 Å². The van der Waals surface area contributed by atoms with Crippen LogP contribution in [0.15, 0.2) is 53.4 Å². The molecule has 0 unspecified atom stereocenters. The molecule has 0 saturated heterocycles. The van der Waals surface area contributed by atoms with Crippen LogP contribution in [0.5, 0.6) is 0 Å². The Morgan fingerprint density at radius 2 is 1.76 bits per heavy atom. The maximum Gasteiger partial charge on any atom is 0.241 e. The van der Waals surface area contributed by atoms with Gasteiger partial charge in [-0.3, -0.25) is 0 Å². The molecular formula is C16H19NO3S. The van der Waals surface area contributed by atoms with Crippen molar-refractivity contribution in [1.29, 1.82) is 0 Å². The zero-order valence-corrected chi connectivity index (χ0v) is 12.9. The summed E-state index contributed by atoms with van der Waals surface area (Å²) in [7, 11) is -3.68. The van der Waals surface area contributed by atoms with Crippen LogP contribution in [0, 0.1) is 13.8 Å². The zero-order valence-electron chi connectivity index (χ0n) is 12.1. The minimum atomic E-state index is -3.68. The molecule has 0 radical (unpaired) electrons. The van der Waals surface area contributed by atoms with Crippen molar-refractivity contribution in [2.75, 3.05) is 6.61 Å². The second-order valence-electron chi connectivity index (χ2n) is 5.04. The summed E-state index contributed by atoms with van der Waals surface area (Å²) in [6.07, 6.45) is 0. The summed E-state index contributed by atoms with van der Waals surface area (Å²) in [6.45, 7) is 3.30. The molecule has 2 aromatic carbocycles. The Morgan fingerprint density at radius 1 is 1.10 bits per heavy atom. The maximum atomic E-state index is 12.5. The van der Waals surface area contributed by atoms with Crippen molar-refractivity contribution in [1.82, 2.24) is 4.72 Å². The fourth-order valence-corrected chi connectivity index (χ4v) is 3.69. The van der Waals surface area contributed by atoms with Gasteiger partial charge in [-0.15, -0.1) is 0 Å². The predicted molar refractivity (Wildman–Crippen MR) is 82.5 cm³/mol. The first-order chi connectivity index (χ1) is 9.94. The van der Waals surface area contributed by atoms with E-state index in [1.165, 1.54) is 0 Å². The molecule has 0 aliphatic heterocycles. The highest BCUT2D eigenvalue weighted by molar-refractivity contribution is 7.89. The van der Waals surface area contributed by atoms with E-state index in [0.717, 1.165) is 11.1 Å². The summed E-state index contributed by atoms with van der Waals surface area (Å²) in [6, 6.07) is 13.7. The molecule has 2 aromatic rings. The molecule has 21 heavy (non-hydrogen) atoms. The number of aryl methyl sites for hydroxylation is 2. The molecular weight excluding hydrogens is 286 g/mol. The van der Waals surface area contributed by atoms with Crippen LogP contribution in [-0.2, 0) is 10.0 Å². The Kier molecular flexibility index (Phi) is 4.77. The van der Waals surface area contributed by atoms with Crippen LogP contribution in [0.1, 0.15) is 22.7 Å². The van der Waals surface area contributed by atoms with E-state index < -0.39 is 16.1 Å². The van der Waals surface area contributed by atoms with Crippen molar-refractivity contribution in [3.05, 3.63) is 65.2 Å². The molecule has 0 saturated carbocycles. The third-order valence-corrected chi connectivity index (χ3v) is 4.93. The molecule has 0 fully saturated rings. The van der Waals surface area contributed by atoms with Gasteiger partial charge in [0.25, 0.3) is 0 Å². The minimum absolute atomic E-state index is 0.247. The second kappa shape index (κ2) is 6.39. The molecule has 1 atom stereocenters. The molecule has 2 N–H and O–H groups in total. The summed E-state index contributed by atoms with van der Waals surface area (Å²) in [5.74, 6) is 0. The Labute approximate surface area is 125 Å². The van der Waals surface area contributed by atoms with Crippen LogP contribution in [0.3, 0.4) is 0 Å². The summed E-state index contributed by atoms with van der Waals surface area (Å²) >= 11 is 0. The fourth-order valence-electron chi connectivity index (χ4n) is 2.14. The average molecular weight is 305 g/mol. The number of nitrogens with one attached hydrogen (secondary N) is 1. The number of benzene rings is 2. The van der Waals surface area contributed by atoms with E-state index in [4.69, 9.17) is 0 Å². The van der Waals surface area contributed by atoms with Gasteiger partial charge in [-0.25, -0.2) is 13.1 Å². The van der Waals surface area contributed by atoms with Crippen molar-refractivity contribution >= 4 is 10.0 Å². The van der Waals surface area contributed by atoms with E-state index in [0.29, 0.717) is 5.56 Å². The Balaban J connectivity index is 2.34. The van der Waals surface area contributed by atoms with Gasteiger partial charge in [0.2, 0.25) is 10.0 Å². The first-order valence-corrected chi connectivity index (χ1v) is 8.18. The van der Waals surface area contributed by atoms with Crippen LogP contribution in [0.25, 0.3) is 0 Å². The number of aliphatic hydroxyl groups is 1. The van der Waals surface area contributed by atoms with Crippen molar-refractivity contribution in [3.63, 3.8) is 0 Å². The Morgan fingerprint density at radius 3 is 2.38 bits per heavy atom. The van der Waals surface area contributed by atoms with Gasteiger partial charge in [-0.1, -0.05) is 42.5 Å². The number of aliphatic hydroxyl groups excluding tert-OH is 1. The van der Waals surface area contributed by atoms with E-state index in [1.54, 1.807) is 31.2 Å². The Bertz CT molecular complexity index is 712. The molecule has 4 nitrogen and oxygen atoms in total. The van der Waals surface area contributed by atoms with Crippen LogP contribution >= 0.6 is 0 Å². The Hall–Kier alpha value is -1.69. The highest BCUT2D eigenvalue weighted by Gasteiger charge is 2.22. The lowest BCUT2D eigenvalue weighted by molar-refractivity contribution is 0.259. The van der Waals surface area contributed by atoms with Gasteiger partial charge in [0, 0.05) is 0 Å². The average Bonchev–Trinajstić information content (AvgIpc) is 2.48. The standard InChI is InChI=1S/C16H19NO3S/c1-12-8-9-13(2)16(10-12)21(19,20)17-15(11-18)14-6-4-3-5-7-14/h3-10,15,17-18H,11H2,1-2H3/t15-/m1/s1. The smallest absolute Gasteiger partial charge is 0.241 e. The molecule has 0 heterocycles. The van der Waals surface area contributed by atoms with E-state index in [1.807, 2.05) is 31.2 Å². The van der Waals surface area contributed by atoms with Gasteiger partial charge in [-0.05, 0) is 36.6 Å². The molecule has 112 valence electrons. The quantitative estimate of drug-likeness (QED) is 0.891. The van der Waals surface area contributed by atoms with Gasteiger partial charge in [0.1, 0.15) is 0 Å².